The number of aryl methyl sites for hydroxylation is 1. The first kappa shape index (κ1) is 18.6. The monoisotopic (exact) mass is 353 g/mol. The molecule has 0 heterocycles. The minimum atomic E-state index is -0.469. The van der Waals surface area contributed by atoms with Gasteiger partial charge in [0.2, 0.25) is 0 Å². The number of nitrogens with zero attached hydrogens (tertiary/aromatic N) is 1. The van der Waals surface area contributed by atoms with Crippen molar-refractivity contribution in [2.75, 3.05) is 10.6 Å². The zero-order valence-electron chi connectivity index (χ0n) is 14.1. The molecule has 0 aliphatic carbocycles. The van der Waals surface area contributed by atoms with Crippen molar-refractivity contribution in [2.45, 2.75) is 26.2 Å². The van der Waals surface area contributed by atoms with Gasteiger partial charge in [0.05, 0.1) is 10.7 Å². The van der Waals surface area contributed by atoms with Gasteiger partial charge in [-0.2, -0.15) is 5.26 Å². The number of amides is 1. The molecule has 0 atom stereocenters. The largest absolute Gasteiger partial charge is 0.359 e. The SMILES string of the molecule is CCCCc1ccc(NC(=O)/C(C#N)=C\Nc2ccccc2Cl)cc1. The molecule has 2 rings (SSSR count). The second kappa shape index (κ2) is 9.51. The van der Waals surface area contributed by atoms with E-state index in [1.165, 1.54) is 11.8 Å². The van der Waals surface area contributed by atoms with Crippen LogP contribution >= 0.6 is 11.6 Å². The van der Waals surface area contributed by atoms with E-state index in [0.29, 0.717) is 16.4 Å². The lowest BCUT2D eigenvalue weighted by molar-refractivity contribution is -0.112. The van der Waals surface area contributed by atoms with E-state index in [1.807, 2.05) is 36.4 Å². The van der Waals surface area contributed by atoms with E-state index in [2.05, 4.69) is 17.6 Å². The van der Waals surface area contributed by atoms with Crippen molar-refractivity contribution in [1.29, 1.82) is 5.26 Å². The molecule has 0 fully saturated rings. The van der Waals surface area contributed by atoms with Crippen LogP contribution in [0.15, 0.2) is 60.3 Å². The van der Waals surface area contributed by atoms with Crippen molar-refractivity contribution >= 4 is 28.9 Å². The predicted octanol–water partition coefficient (Wildman–Crippen LogP) is 5.14. The number of hydrogen-bond acceptors (Lipinski definition) is 3. The number of benzene rings is 2. The molecule has 2 aromatic carbocycles. The first-order chi connectivity index (χ1) is 12.1. The summed E-state index contributed by atoms with van der Waals surface area (Å²) in [4.78, 5) is 12.2. The third-order valence-corrected chi connectivity index (χ3v) is 3.97. The van der Waals surface area contributed by atoms with Gasteiger partial charge >= 0.3 is 0 Å². The van der Waals surface area contributed by atoms with Gasteiger partial charge in [-0.05, 0) is 42.7 Å². The van der Waals surface area contributed by atoms with Crippen molar-refractivity contribution in [3.8, 4) is 6.07 Å². The Bertz CT molecular complexity index is 791. The topological polar surface area (TPSA) is 64.9 Å². The fourth-order valence-corrected chi connectivity index (χ4v) is 2.40. The third-order valence-electron chi connectivity index (χ3n) is 3.64. The second-order valence-electron chi connectivity index (χ2n) is 5.55. The summed E-state index contributed by atoms with van der Waals surface area (Å²) in [7, 11) is 0. The molecular weight excluding hydrogens is 334 g/mol. The van der Waals surface area contributed by atoms with Crippen molar-refractivity contribution in [3.05, 3.63) is 70.9 Å². The molecular formula is C20H20ClN3O. The molecule has 0 aromatic heterocycles. The van der Waals surface area contributed by atoms with E-state index in [0.717, 1.165) is 19.3 Å². The zero-order chi connectivity index (χ0) is 18.1. The maximum absolute atomic E-state index is 12.2. The van der Waals surface area contributed by atoms with Crippen LogP contribution in [-0.2, 0) is 11.2 Å². The van der Waals surface area contributed by atoms with Gasteiger partial charge < -0.3 is 10.6 Å². The number of hydrogen-bond donors (Lipinski definition) is 2. The number of carbonyl (C=O) groups is 1. The van der Waals surface area contributed by atoms with E-state index in [9.17, 15) is 10.1 Å². The van der Waals surface area contributed by atoms with E-state index in [-0.39, 0.29) is 5.57 Å². The Kier molecular flexibility index (Phi) is 7.06. The molecule has 25 heavy (non-hydrogen) atoms. The fourth-order valence-electron chi connectivity index (χ4n) is 2.21. The normalized spacial score (nSPS) is 10.8. The molecule has 5 heteroatoms. The van der Waals surface area contributed by atoms with Gasteiger partial charge in [-0.15, -0.1) is 0 Å². The second-order valence-corrected chi connectivity index (χ2v) is 5.96. The van der Waals surface area contributed by atoms with Gasteiger partial charge in [-0.25, -0.2) is 0 Å². The Morgan fingerprint density at radius 1 is 1.20 bits per heavy atom. The summed E-state index contributed by atoms with van der Waals surface area (Å²) >= 11 is 6.04. The maximum Gasteiger partial charge on any atom is 0.267 e. The Hall–Kier alpha value is -2.77. The minimum absolute atomic E-state index is 0.0324. The molecule has 0 unspecified atom stereocenters. The minimum Gasteiger partial charge on any atom is -0.359 e. The van der Waals surface area contributed by atoms with Gasteiger partial charge in [0, 0.05) is 11.9 Å². The number of para-hydroxylation sites is 1. The first-order valence-corrected chi connectivity index (χ1v) is 8.53. The number of rotatable bonds is 7. The summed E-state index contributed by atoms with van der Waals surface area (Å²) in [5.41, 5.74) is 2.49. The molecule has 2 N–H and O–H groups in total. The molecule has 0 aliphatic heterocycles. The Labute approximate surface area is 153 Å². The predicted molar refractivity (Wildman–Crippen MR) is 102 cm³/mol. The molecule has 0 bridgehead atoms. The summed E-state index contributed by atoms with van der Waals surface area (Å²) < 4.78 is 0. The number of anilines is 2. The highest BCUT2D eigenvalue weighted by atomic mass is 35.5. The number of carbonyl (C=O) groups excluding carboxylic acids is 1. The van der Waals surface area contributed by atoms with Crippen molar-refractivity contribution in [2.24, 2.45) is 0 Å². The van der Waals surface area contributed by atoms with E-state index < -0.39 is 5.91 Å². The number of halogens is 1. The maximum atomic E-state index is 12.2. The summed E-state index contributed by atoms with van der Waals surface area (Å²) in [5, 5.41) is 15.3. The van der Waals surface area contributed by atoms with E-state index >= 15 is 0 Å². The van der Waals surface area contributed by atoms with Crippen molar-refractivity contribution in [3.63, 3.8) is 0 Å². The van der Waals surface area contributed by atoms with E-state index in [4.69, 9.17) is 11.6 Å². The van der Waals surface area contributed by atoms with Crippen LogP contribution in [0.3, 0.4) is 0 Å². The van der Waals surface area contributed by atoms with Crippen molar-refractivity contribution in [1.82, 2.24) is 0 Å². The third kappa shape index (κ3) is 5.66. The van der Waals surface area contributed by atoms with Crippen LogP contribution in [0.2, 0.25) is 5.02 Å². The van der Waals surface area contributed by atoms with Crippen LogP contribution in [0, 0.1) is 11.3 Å². The summed E-state index contributed by atoms with van der Waals surface area (Å²) in [6, 6.07) is 16.7. The average molecular weight is 354 g/mol. The smallest absolute Gasteiger partial charge is 0.267 e. The standard InChI is InChI=1S/C20H20ClN3O/c1-2-3-6-15-9-11-17(12-10-15)24-20(25)16(13-22)14-23-19-8-5-4-7-18(19)21/h4-5,7-12,14,23H,2-3,6H2,1H3,(H,24,25)/b16-14-. The lowest BCUT2D eigenvalue weighted by atomic mass is 10.1. The van der Waals surface area contributed by atoms with Crippen LogP contribution < -0.4 is 10.6 Å². The quantitative estimate of drug-likeness (QED) is 0.535. The van der Waals surface area contributed by atoms with Gasteiger partial charge in [0.15, 0.2) is 0 Å². The Morgan fingerprint density at radius 2 is 1.92 bits per heavy atom. The summed E-state index contributed by atoms with van der Waals surface area (Å²) in [6.45, 7) is 2.15. The summed E-state index contributed by atoms with van der Waals surface area (Å²) in [6.07, 6.45) is 4.66. The van der Waals surface area contributed by atoms with Gasteiger partial charge in [-0.1, -0.05) is 49.2 Å². The molecule has 0 radical (unpaired) electrons. The molecule has 0 saturated heterocycles. The van der Waals surface area contributed by atoms with Crippen LogP contribution in [0.5, 0.6) is 0 Å². The van der Waals surface area contributed by atoms with Gasteiger partial charge in [0.1, 0.15) is 11.6 Å². The van der Waals surface area contributed by atoms with Crippen LogP contribution in [0.4, 0.5) is 11.4 Å². The fraction of sp³-hybridized carbons (Fsp3) is 0.200. The molecule has 2 aromatic rings. The highest BCUT2D eigenvalue weighted by molar-refractivity contribution is 6.33. The highest BCUT2D eigenvalue weighted by Crippen LogP contribution is 2.20. The molecule has 1 amide bonds. The van der Waals surface area contributed by atoms with Crippen LogP contribution in [-0.4, -0.2) is 5.91 Å². The number of unbranched alkanes of at least 4 members (excludes halogenated alkanes) is 1. The van der Waals surface area contributed by atoms with Gasteiger partial charge in [0.25, 0.3) is 5.91 Å². The lowest BCUT2D eigenvalue weighted by Gasteiger charge is -2.07. The molecule has 0 saturated carbocycles. The molecule has 0 aliphatic rings. The summed E-state index contributed by atoms with van der Waals surface area (Å²) in [5.74, 6) is -0.469. The Balaban J connectivity index is 2.01. The zero-order valence-corrected chi connectivity index (χ0v) is 14.8. The molecule has 4 nitrogen and oxygen atoms in total. The number of nitrogens with one attached hydrogen (secondary N) is 2. The first-order valence-electron chi connectivity index (χ1n) is 8.15. The highest BCUT2D eigenvalue weighted by Gasteiger charge is 2.09. The Morgan fingerprint density at radius 3 is 2.56 bits per heavy atom. The average Bonchev–Trinajstić information content (AvgIpc) is 2.63. The van der Waals surface area contributed by atoms with Crippen molar-refractivity contribution < 1.29 is 4.79 Å². The molecule has 0 spiro atoms. The van der Waals surface area contributed by atoms with E-state index in [1.54, 1.807) is 18.2 Å². The van der Waals surface area contributed by atoms with Gasteiger partial charge in [-0.3, -0.25) is 4.79 Å². The lowest BCUT2D eigenvalue weighted by Crippen LogP contribution is -2.14. The number of nitriles is 1. The molecule has 128 valence electrons. The van der Waals surface area contributed by atoms with Crippen LogP contribution in [0.1, 0.15) is 25.3 Å². The van der Waals surface area contributed by atoms with Crippen LogP contribution in [0.25, 0.3) is 0 Å².